The smallest absolute Gasteiger partial charge is 0.328 e. The van der Waals surface area contributed by atoms with Gasteiger partial charge in [0.05, 0.1) is 7.11 Å². The Hall–Kier alpha value is -0.100. The quantitative estimate of drug-likeness (QED) is 0.869. The zero-order valence-electron chi connectivity index (χ0n) is 8.34. The van der Waals surface area contributed by atoms with Crippen LogP contribution in [0, 0.1) is 0 Å². The molecular formula is C9H11BrClNO2S. The second-order valence-corrected chi connectivity index (χ2v) is 5.32. The summed E-state index contributed by atoms with van der Waals surface area (Å²) in [6.45, 7) is 2.62. The van der Waals surface area contributed by atoms with E-state index in [0.717, 1.165) is 9.35 Å². The van der Waals surface area contributed by atoms with Crippen molar-refractivity contribution >= 4 is 44.8 Å². The molecular weight excluding hydrogens is 302 g/mol. The highest BCUT2D eigenvalue weighted by Crippen LogP contribution is 2.35. The Balaban J connectivity index is 2.93. The molecule has 1 unspecified atom stereocenters. The van der Waals surface area contributed by atoms with Gasteiger partial charge >= 0.3 is 5.97 Å². The summed E-state index contributed by atoms with van der Waals surface area (Å²) in [7, 11) is 1.37. The molecule has 0 amide bonds. The lowest BCUT2D eigenvalue weighted by molar-refractivity contribution is -0.143. The first-order valence-corrected chi connectivity index (χ1v) is 6.34. The van der Waals surface area contributed by atoms with Crippen molar-refractivity contribution in [3.63, 3.8) is 0 Å². The predicted octanol–water partition coefficient (Wildman–Crippen LogP) is 2.99. The van der Waals surface area contributed by atoms with Crippen LogP contribution in [0.25, 0.3) is 0 Å². The molecule has 0 saturated carbocycles. The van der Waals surface area contributed by atoms with E-state index in [1.54, 1.807) is 0 Å². The molecule has 1 aromatic rings. The normalized spacial score (nSPS) is 12.5. The van der Waals surface area contributed by atoms with Gasteiger partial charge in [0.15, 0.2) is 0 Å². The average Bonchev–Trinajstić information content (AvgIpc) is 2.54. The highest BCUT2D eigenvalue weighted by atomic mass is 79.9. The van der Waals surface area contributed by atoms with E-state index >= 15 is 0 Å². The van der Waals surface area contributed by atoms with Gasteiger partial charge in [-0.15, -0.1) is 11.3 Å². The van der Waals surface area contributed by atoms with Crippen molar-refractivity contribution in [2.75, 3.05) is 13.7 Å². The summed E-state index contributed by atoms with van der Waals surface area (Å²) in [5.41, 5.74) is 0. The molecule has 0 spiro atoms. The number of rotatable bonds is 4. The SMILES string of the molecule is CCNC(C(=O)OC)c1cc(Br)c(Cl)s1. The maximum absolute atomic E-state index is 11.5. The number of thiophene rings is 1. The van der Waals surface area contributed by atoms with Gasteiger partial charge in [-0.25, -0.2) is 4.79 Å². The minimum atomic E-state index is -0.436. The first-order chi connectivity index (χ1) is 7.10. The van der Waals surface area contributed by atoms with E-state index in [1.165, 1.54) is 18.4 Å². The van der Waals surface area contributed by atoms with Crippen molar-refractivity contribution in [1.29, 1.82) is 0 Å². The fourth-order valence-corrected chi connectivity index (χ4v) is 2.93. The molecule has 15 heavy (non-hydrogen) atoms. The van der Waals surface area contributed by atoms with E-state index in [2.05, 4.69) is 21.2 Å². The van der Waals surface area contributed by atoms with Crippen LogP contribution in [-0.4, -0.2) is 19.6 Å². The maximum atomic E-state index is 11.5. The van der Waals surface area contributed by atoms with Gasteiger partial charge in [-0.3, -0.25) is 0 Å². The molecule has 6 heteroatoms. The molecule has 3 nitrogen and oxygen atoms in total. The molecule has 0 fully saturated rings. The van der Waals surface area contributed by atoms with Crippen molar-refractivity contribution in [3.8, 4) is 0 Å². The zero-order chi connectivity index (χ0) is 11.4. The van der Waals surface area contributed by atoms with Crippen LogP contribution >= 0.6 is 38.9 Å². The van der Waals surface area contributed by atoms with E-state index in [-0.39, 0.29) is 5.97 Å². The molecule has 0 aliphatic carbocycles. The van der Waals surface area contributed by atoms with Crippen LogP contribution in [0.1, 0.15) is 17.8 Å². The predicted molar refractivity (Wildman–Crippen MR) is 65.5 cm³/mol. The molecule has 1 heterocycles. The van der Waals surface area contributed by atoms with Crippen LogP contribution in [0.15, 0.2) is 10.5 Å². The molecule has 0 saturated heterocycles. The average molecular weight is 313 g/mol. The summed E-state index contributed by atoms with van der Waals surface area (Å²) in [6, 6.07) is 1.39. The molecule has 0 aliphatic heterocycles. The largest absolute Gasteiger partial charge is 0.468 e. The van der Waals surface area contributed by atoms with Crippen LogP contribution in [-0.2, 0) is 9.53 Å². The van der Waals surface area contributed by atoms with E-state index in [4.69, 9.17) is 16.3 Å². The molecule has 0 bridgehead atoms. The molecule has 0 radical (unpaired) electrons. The summed E-state index contributed by atoms with van der Waals surface area (Å²) in [4.78, 5) is 12.3. The monoisotopic (exact) mass is 311 g/mol. The molecule has 0 aromatic carbocycles. The first-order valence-electron chi connectivity index (χ1n) is 4.36. The third kappa shape index (κ3) is 3.17. The first kappa shape index (κ1) is 13.0. The van der Waals surface area contributed by atoms with Gasteiger partial charge in [-0.05, 0) is 28.5 Å². The van der Waals surface area contributed by atoms with Crippen LogP contribution in [0.2, 0.25) is 4.34 Å². The van der Waals surface area contributed by atoms with Gasteiger partial charge in [0.1, 0.15) is 10.4 Å². The van der Waals surface area contributed by atoms with Crippen LogP contribution in [0.3, 0.4) is 0 Å². The highest BCUT2D eigenvalue weighted by Gasteiger charge is 2.23. The Morgan fingerprint density at radius 3 is 2.87 bits per heavy atom. The lowest BCUT2D eigenvalue weighted by Gasteiger charge is -2.12. The summed E-state index contributed by atoms with van der Waals surface area (Å²) in [5.74, 6) is -0.303. The van der Waals surface area contributed by atoms with E-state index in [0.29, 0.717) is 10.9 Å². The van der Waals surface area contributed by atoms with Crippen LogP contribution in [0.5, 0.6) is 0 Å². The number of carbonyl (C=O) groups excluding carboxylic acids is 1. The maximum Gasteiger partial charge on any atom is 0.328 e. The highest BCUT2D eigenvalue weighted by molar-refractivity contribution is 9.10. The fourth-order valence-electron chi connectivity index (χ4n) is 1.13. The third-order valence-electron chi connectivity index (χ3n) is 1.79. The third-order valence-corrected chi connectivity index (χ3v) is 4.33. The van der Waals surface area contributed by atoms with E-state index in [9.17, 15) is 4.79 Å². The van der Waals surface area contributed by atoms with Gasteiger partial charge in [-0.1, -0.05) is 18.5 Å². The Labute approximate surface area is 106 Å². The van der Waals surface area contributed by atoms with Crippen molar-refractivity contribution in [2.24, 2.45) is 0 Å². The number of hydrogen-bond donors (Lipinski definition) is 1. The number of nitrogens with one attached hydrogen (secondary N) is 1. The number of likely N-dealkylation sites (N-methyl/N-ethyl adjacent to an activating group) is 1. The number of halogens is 2. The Morgan fingerprint density at radius 1 is 1.80 bits per heavy atom. The lowest BCUT2D eigenvalue weighted by atomic mass is 10.2. The van der Waals surface area contributed by atoms with Crippen LogP contribution < -0.4 is 5.32 Å². The molecule has 1 atom stereocenters. The molecule has 1 rings (SSSR count). The van der Waals surface area contributed by atoms with Gasteiger partial charge in [0.25, 0.3) is 0 Å². The Morgan fingerprint density at radius 2 is 2.47 bits per heavy atom. The van der Waals surface area contributed by atoms with Gasteiger partial charge < -0.3 is 10.1 Å². The van der Waals surface area contributed by atoms with Gasteiger partial charge in [-0.2, -0.15) is 0 Å². The minimum absolute atomic E-state index is 0.303. The Bertz CT molecular complexity index is 336. The number of esters is 1. The molecule has 0 aliphatic rings. The number of carbonyl (C=O) groups is 1. The number of methoxy groups -OCH3 is 1. The van der Waals surface area contributed by atoms with E-state index in [1.807, 2.05) is 13.0 Å². The number of ether oxygens (including phenoxy) is 1. The molecule has 1 aromatic heterocycles. The second kappa shape index (κ2) is 5.84. The van der Waals surface area contributed by atoms with Crippen molar-refractivity contribution in [2.45, 2.75) is 13.0 Å². The fraction of sp³-hybridized carbons (Fsp3) is 0.444. The zero-order valence-corrected chi connectivity index (χ0v) is 11.5. The van der Waals surface area contributed by atoms with Crippen LogP contribution in [0.4, 0.5) is 0 Å². The lowest BCUT2D eigenvalue weighted by Crippen LogP contribution is -2.28. The van der Waals surface area contributed by atoms with Crippen molar-refractivity contribution < 1.29 is 9.53 Å². The second-order valence-electron chi connectivity index (χ2n) is 2.78. The van der Waals surface area contributed by atoms with Crippen molar-refractivity contribution in [1.82, 2.24) is 5.32 Å². The standard InChI is InChI=1S/C9H11BrClNO2S/c1-3-12-7(9(13)14-2)6-4-5(10)8(11)15-6/h4,7,12H,3H2,1-2H3. The van der Waals surface area contributed by atoms with Gasteiger partial charge in [0, 0.05) is 9.35 Å². The number of hydrogen-bond acceptors (Lipinski definition) is 4. The van der Waals surface area contributed by atoms with Crippen molar-refractivity contribution in [3.05, 3.63) is 19.8 Å². The van der Waals surface area contributed by atoms with E-state index < -0.39 is 6.04 Å². The summed E-state index contributed by atoms with van der Waals surface area (Å²) in [5, 5.41) is 3.05. The van der Waals surface area contributed by atoms with Gasteiger partial charge in [0.2, 0.25) is 0 Å². The summed E-state index contributed by atoms with van der Waals surface area (Å²) in [6.07, 6.45) is 0. The Kier molecular flexibility index (Phi) is 5.05. The topological polar surface area (TPSA) is 38.3 Å². The molecule has 1 N–H and O–H groups in total. The minimum Gasteiger partial charge on any atom is -0.468 e. The summed E-state index contributed by atoms with van der Waals surface area (Å²) >= 11 is 10.6. The molecule has 84 valence electrons. The summed E-state index contributed by atoms with van der Waals surface area (Å²) < 4.78 is 6.15.